The molecule has 1 aromatic rings. The van der Waals surface area contributed by atoms with Crippen LogP contribution in [0.25, 0.3) is 0 Å². The molecule has 0 bridgehead atoms. The van der Waals surface area contributed by atoms with Crippen molar-refractivity contribution in [2.24, 2.45) is 5.92 Å². The molecule has 25 heavy (non-hydrogen) atoms. The Labute approximate surface area is 149 Å². The molecule has 0 saturated carbocycles. The number of benzene rings is 1. The monoisotopic (exact) mass is 366 g/mol. The molecule has 7 heteroatoms. The van der Waals surface area contributed by atoms with Crippen molar-refractivity contribution in [3.8, 4) is 0 Å². The standard InChI is InChI=1S/C18H26N2O4S/c1-14(2)10-19-8-9-20(17-13-25(22,23)12-16(17)19)18(21)24-11-15-6-4-3-5-7-15/h3-7,14,16-17H,8-13H2,1-2H3/t16-,17+/m1/s1. The van der Waals surface area contributed by atoms with Crippen molar-refractivity contribution < 1.29 is 17.9 Å². The normalized spacial score (nSPS) is 25.8. The zero-order valence-corrected chi connectivity index (χ0v) is 15.6. The molecule has 3 rings (SSSR count). The molecule has 0 aliphatic carbocycles. The summed E-state index contributed by atoms with van der Waals surface area (Å²) in [6.45, 7) is 6.50. The van der Waals surface area contributed by atoms with E-state index in [0.717, 1.165) is 12.1 Å². The minimum atomic E-state index is -3.12. The van der Waals surface area contributed by atoms with Gasteiger partial charge in [-0.15, -0.1) is 0 Å². The van der Waals surface area contributed by atoms with Gasteiger partial charge in [-0.25, -0.2) is 13.2 Å². The van der Waals surface area contributed by atoms with Crippen molar-refractivity contribution in [2.45, 2.75) is 32.5 Å². The van der Waals surface area contributed by atoms with Crippen LogP contribution in [0.4, 0.5) is 4.79 Å². The number of piperazine rings is 1. The Bertz CT molecular complexity index is 705. The molecule has 1 aromatic carbocycles. The van der Waals surface area contributed by atoms with Crippen LogP contribution in [0.2, 0.25) is 0 Å². The highest BCUT2D eigenvalue weighted by Gasteiger charge is 2.48. The zero-order chi connectivity index (χ0) is 18.0. The van der Waals surface area contributed by atoms with E-state index in [-0.39, 0.29) is 30.2 Å². The summed E-state index contributed by atoms with van der Waals surface area (Å²) in [5, 5.41) is 0. The lowest BCUT2D eigenvalue weighted by Gasteiger charge is -2.43. The molecule has 2 heterocycles. The van der Waals surface area contributed by atoms with Gasteiger partial charge in [0, 0.05) is 25.7 Å². The van der Waals surface area contributed by atoms with Crippen molar-refractivity contribution >= 4 is 15.9 Å². The lowest BCUT2D eigenvalue weighted by atomic mass is 10.0. The van der Waals surface area contributed by atoms with Crippen molar-refractivity contribution in [3.63, 3.8) is 0 Å². The second-order valence-corrected chi connectivity index (χ2v) is 9.49. The number of carbonyl (C=O) groups excluding carboxylic acids is 1. The predicted molar refractivity (Wildman–Crippen MR) is 96.0 cm³/mol. The molecule has 0 aromatic heterocycles. The zero-order valence-electron chi connectivity index (χ0n) is 14.8. The Hall–Kier alpha value is -1.60. The van der Waals surface area contributed by atoms with Gasteiger partial charge < -0.3 is 9.64 Å². The van der Waals surface area contributed by atoms with Crippen molar-refractivity contribution in [1.82, 2.24) is 9.80 Å². The molecular weight excluding hydrogens is 340 g/mol. The van der Waals surface area contributed by atoms with E-state index in [9.17, 15) is 13.2 Å². The summed E-state index contributed by atoms with van der Waals surface area (Å²) in [6, 6.07) is 9.08. The lowest BCUT2D eigenvalue weighted by Crippen LogP contribution is -2.61. The Morgan fingerprint density at radius 2 is 1.84 bits per heavy atom. The number of hydrogen-bond donors (Lipinski definition) is 0. The summed E-state index contributed by atoms with van der Waals surface area (Å²) in [6.07, 6.45) is -0.417. The van der Waals surface area contributed by atoms with Gasteiger partial charge in [0.05, 0.1) is 17.5 Å². The van der Waals surface area contributed by atoms with E-state index in [1.165, 1.54) is 0 Å². The van der Waals surface area contributed by atoms with Crippen molar-refractivity contribution in [2.75, 3.05) is 31.1 Å². The first-order valence-electron chi connectivity index (χ1n) is 8.77. The van der Waals surface area contributed by atoms with Gasteiger partial charge in [-0.1, -0.05) is 44.2 Å². The molecular formula is C18H26N2O4S. The predicted octanol–water partition coefficient (Wildman–Crippen LogP) is 1.76. The van der Waals surface area contributed by atoms with Crippen LogP contribution in [0.5, 0.6) is 0 Å². The first-order valence-corrected chi connectivity index (χ1v) is 10.6. The summed E-state index contributed by atoms with van der Waals surface area (Å²) in [4.78, 5) is 16.4. The molecule has 2 saturated heterocycles. The number of carbonyl (C=O) groups is 1. The Balaban J connectivity index is 1.68. The molecule has 0 spiro atoms. The van der Waals surface area contributed by atoms with E-state index < -0.39 is 15.9 Å². The number of sulfone groups is 1. The minimum Gasteiger partial charge on any atom is -0.445 e. The molecule has 0 unspecified atom stereocenters. The van der Waals surface area contributed by atoms with Gasteiger partial charge in [0.1, 0.15) is 6.61 Å². The highest BCUT2D eigenvalue weighted by molar-refractivity contribution is 7.91. The molecule has 2 aliphatic heterocycles. The topological polar surface area (TPSA) is 66.9 Å². The van der Waals surface area contributed by atoms with Crippen LogP contribution >= 0.6 is 0 Å². The van der Waals surface area contributed by atoms with Crippen LogP contribution in [0.15, 0.2) is 30.3 Å². The molecule has 2 aliphatic rings. The number of fused-ring (bicyclic) bond motifs is 1. The second kappa shape index (κ2) is 7.33. The van der Waals surface area contributed by atoms with Gasteiger partial charge in [-0.05, 0) is 11.5 Å². The second-order valence-electron chi connectivity index (χ2n) is 7.33. The third kappa shape index (κ3) is 4.33. The molecule has 0 radical (unpaired) electrons. The minimum absolute atomic E-state index is 0.0344. The van der Waals surface area contributed by atoms with Crippen molar-refractivity contribution in [1.29, 1.82) is 0 Å². The molecule has 2 fully saturated rings. The lowest BCUT2D eigenvalue weighted by molar-refractivity contribution is 0.0232. The van der Waals surface area contributed by atoms with Crippen LogP contribution in [0.1, 0.15) is 19.4 Å². The van der Waals surface area contributed by atoms with Crippen LogP contribution < -0.4 is 0 Å². The maximum atomic E-state index is 12.5. The molecule has 1 amide bonds. The van der Waals surface area contributed by atoms with Gasteiger partial charge in [0.2, 0.25) is 0 Å². The fourth-order valence-electron chi connectivity index (χ4n) is 3.75. The van der Waals surface area contributed by atoms with E-state index in [4.69, 9.17) is 4.74 Å². The molecule has 138 valence electrons. The quantitative estimate of drug-likeness (QED) is 0.812. The fourth-order valence-corrected chi connectivity index (χ4v) is 5.76. The smallest absolute Gasteiger partial charge is 0.410 e. The largest absolute Gasteiger partial charge is 0.445 e. The number of amides is 1. The number of nitrogens with zero attached hydrogens (tertiary/aromatic N) is 2. The SMILES string of the molecule is CC(C)CN1CCN(C(=O)OCc2ccccc2)[C@H]2CS(=O)(=O)C[C@H]21. The number of hydrogen-bond acceptors (Lipinski definition) is 5. The maximum Gasteiger partial charge on any atom is 0.410 e. The first-order chi connectivity index (χ1) is 11.9. The fraction of sp³-hybridized carbons (Fsp3) is 0.611. The summed E-state index contributed by atoms with van der Waals surface area (Å²) >= 11 is 0. The first kappa shape index (κ1) is 18.2. The average Bonchev–Trinajstić information content (AvgIpc) is 2.89. The third-order valence-electron chi connectivity index (χ3n) is 4.83. The van der Waals surface area contributed by atoms with Gasteiger partial charge in [0.25, 0.3) is 0 Å². The number of rotatable bonds is 4. The summed E-state index contributed by atoms with van der Waals surface area (Å²) < 4.78 is 29.8. The summed E-state index contributed by atoms with van der Waals surface area (Å²) in [7, 11) is -3.12. The van der Waals surface area contributed by atoms with E-state index in [0.29, 0.717) is 19.0 Å². The maximum absolute atomic E-state index is 12.5. The Morgan fingerprint density at radius 3 is 2.52 bits per heavy atom. The van der Waals surface area contributed by atoms with Crippen LogP contribution in [0, 0.1) is 5.92 Å². The Kier molecular flexibility index (Phi) is 5.34. The van der Waals surface area contributed by atoms with Gasteiger partial charge in [0.15, 0.2) is 9.84 Å². The van der Waals surface area contributed by atoms with Crippen LogP contribution in [-0.4, -0.2) is 67.5 Å². The average molecular weight is 366 g/mol. The summed E-state index contributed by atoms with van der Waals surface area (Å²) in [5.74, 6) is 0.625. The Morgan fingerprint density at radius 1 is 1.16 bits per heavy atom. The third-order valence-corrected chi connectivity index (χ3v) is 6.53. The van der Waals surface area contributed by atoms with E-state index in [1.807, 2.05) is 30.3 Å². The van der Waals surface area contributed by atoms with Gasteiger partial charge >= 0.3 is 6.09 Å². The van der Waals surface area contributed by atoms with Gasteiger partial charge in [-0.2, -0.15) is 0 Å². The molecule has 2 atom stereocenters. The molecule has 0 N–H and O–H groups in total. The van der Waals surface area contributed by atoms with E-state index >= 15 is 0 Å². The van der Waals surface area contributed by atoms with Crippen molar-refractivity contribution in [3.05, 3.63) is 35.9 Å². The van der Waals surface area contributed by atoms with Gasteiger partial charge in [-0.3, -0.25) is 4.90 Å². The highest BCUT2D eigenvalue weighted by Crippen LogP contribution is 2.28. The summed E-state index contributed by atoms with van der Waals surface area (Å²) in [5.41, 5.74) is 0.921. The molecule has 6 nitrogen and oxygen atoms in total. The highest BCUT2D eigenvalue weighted by atomic mass is 32.2. The number of ether oxygens (including phenoxy) is 1. The van der Waals surface area contributed by atoms with Crippen LogP contribution in [0.3, 0.4) is 0 Å². The van der Waals surface area contributed by atoms with E-state index in [2.05, 4.69) is 18.7 Å². The van der Waals surface area contributed by atoms with Crippen LogP contribution in [-0.2, 0) is 21.2 Å². The van der Waals surface area contributed by atoms with E-state index in [1.54, 1.807) is 4.90 Å².